The van der Waals surface area contributed by atoms with Crippen LogP contribution in [0.25, 0.3) is 0 Å². The van der Waals surface area contributed by atoms with Crippen molar-refractivity contribution in [2.75, 3.05) is 19.8 Å². The zero-order valence-electron chi connectivity index (χ0n) is 7.23. The molecule has 0 fully saturated rings. The van der Waals surface area contributed by atoms with Crippen molar-refractivity contribution in [1.29, 1.82) is 0 Å². The van der Waals surface area contributed by atoms with Gasteiger partial charge in [-0.2, -0.15) is 0 Å². The quantitative estimate of drug-likeness (QED) is 0.512. The second-order valence-electron chi connectivity index (χ2n) is 2.18. The number of hydrogen-bond donors (Lipinski definition) is 2. The molecule has 2 N–H and O–H groups in total. The van der Waals surface area contributed by atoms with Gasteiger partial charge in [0.25, 0.3) is 0 Å². The van der Waals surface area contributed by atoms with Gasteiger partial charge in [0.05, 0.1) is 6.61 Å². The Balaban J connectivity index is 3.75. The van der Waals surface area contributed by atoms with Crippen LogP contribution in [0, 0.1) is 0 Å². The molecule has 1 unspecified atom stereocenters. The van der Waals surface area contributed by atoms with Gasteiger partial charge in [-0.15, -0.1) is 0 Å². The first-order valence-corrected chi connectivity index (χ1v) is 3.69. The largest absolute Gasteiger partial charge is 0.461 e. The maximum absolute atomic E-state index is 10.9. The molecule has 0 radical (unpaired) electrons. The highest BCUT2D eigenvalue weighted by molar-refractivity contribution is 5.79. The number of carbonyl (C=O) groups is 2. The summed E-state index contributed by atoms with van der Waals surface area (Å²) in [4.78, 5) is 21.3. The molecular weight excluding hydrogens is 180 g/mol. The van der Waals surface area contributed by atoms with Gasteiger partial charge in [-0.25, -0.2) is 9.59 Å². The Morgan fingerprint density at radius 2 is 2.00 bits per heavy atom. The number of aliphatic hydroxyl groups excluding tert-OH is 2. The van der Waals surface area contributed by atoms with Crippen LogP contribution in [0.4, 0.5) is 0 Å². The molecule has 76 valence electrons. The Morgan fingerprint density at radius 3 is 2.46 bits per heavy atom. The van der Waals surface area contributed by atoms with Gasteiger partial charge in [0, 0.05) is 0 Å². The topological polar surface area (TPSA) is 93.1 Å². The van der Waals surface area contributed by atoms with E-state index in [0.717, 1.165) is 0 Å². The lowest BCUT2D eigenvalue weighted by molar-refractivity contribution is -0.168. The van der Waals surface area contributed by atoms with Crippen molar-refractivity contribution in [2.45, 2.75) is 13.0 Å². The summed E-state index contributed by atoms with van der Waals surface area (Å²) in [7, 11) is 0. The molecule has 0 bridgehead atoms. The summed E-state index contributed by atoms with van der Waals surface area (Å²) in [6.07, 6.45) is -1.06. The fraction of sp³-hybridized carbons (Fsp3) is 0.714. The van der Waals surface area contributed by atoms with E-state index >= 15 is 0 Å². The lowest BCUT2D eigenvalue weighted by Crippen LogP contribution is -2.28. The Labute approximate surface area is 75.1 Å². The molecule has 0 saturated heterocycles. The molecule has 1 atom stereocenters. The van der Waals surface area contributed by atoms with Crippen LogP contribution in [0.1, 0.15) is 6.92 Å². The molecular formula is C7H12O6. The fourth-order valence-electron chi connectivity index (χ4n) is 0.546. The van der Waals surface area contributed by atoms with Gasteiger partial charge in [-0.05, 0) is 6.92 Å². The van der Waals surface area contributed by atoms with Crippen LogP contribution in [0.2, 0.25) is 0 Å². The van der Waals surface area contributed by atoms with Crippen LogP contribution in [-0.4, -0.2) is 48.1 Å². The van der Waals surface area contributed by atoms with E-state index < -0.39 is 24.6 Å². The number of esters is 2. The number of ether oxygens (including phenoxy) is 2. The molecule has 6 nitrogen and oxygen atoms in total. The predicted octanol–water partition coefficient (Wildman–Crippen LogP) is -1.55. The molecule has 0 spiro atoms. The summed E-state index contributed by atoms with van der Waals surface area (Å²) in [5.41, 5.74) is 0. The van der Waals surface area contributed by atoms with Crippen LogP contribution in [0.15, 0.2) is 0 Å². The van der Waals surface area contributed by atoms with E-state index in [2.05, 4.69) is 9.47 Å². The van der Waals surface area contributed by atoms with Crippen molar-refractivity contribution in [3.05, 3.63) is 0 Å². The van der Waals surface area contributed by atoms with Gasteiger partial charge in [0.15, 0.2) is 6.10 Å². The van der Waals surface area contributed by atoms with Gasteiger partial charge in [-0.1, -0.05) is 0 Å². The molecule has 0 aliphatic heterocycles. The lowest BCUT2D eigenvalue weighted by Gasteiger charge is -2.10. The average Bonchev–Trinajstić information content (AvgIpc) is 2.13. The Hall–Kier alpha value is -1.14. The van der Waals surface area contributed by atoms with Gasteiger partial charge in [0.2, 0.25) is 0 Å². The smallest absolute Gasteiger partial charge is 0.347 e. The number of carbonyl (C=O) groups excluding carboxylic acids is 2. The van der Waals surface area contributed by atoms with E-state index in [1.54, 1.807) is 0 Å². The number of rotatable bonds is 5. The van der Waals surface area contributed by atoms with Crippen LogP contribution in [-0.2, 0) is 19.1 Å². The minimum atomic E-state index is -1.06. The molecule has 13 heavy (non-hydrogen) atoms. The van der Waals surface area contributed by atoms with Crippen molar-refractivity contribution in [3.8, 4) is 0 Å². The molecule has 0 aliphatic rings. The maximum atomic E-state index is 10.9. The SMILES string of the molecule is CC(OC(=O)CO)C(=O)OCCO. The summed E-state index contributed by atoms with van der Waals surface area (Å²) in [6.45, 7) is 0.108. The first-order chi connectivity index (χ1) is 6.11. The number of aliphatic hydroxyl groups is 2. The van der Waals surface area contributed by atoms with Crippen LogP contribution in [0.3, 0.4) is 0 Å². The summed E-state index contributed by atoms with van der Waals surface area (Å²) in [5.74, 6) is -1.65. The fourth-order valence-corrected chi connectivity index (χ4v) is 0.546. The minimum absolute atomic E-state index is 0.139. The van der Waals surface area contributed by atoms with Gasteiger partial charge in [-0.3, -0.25) is 0 Å². The third kappa shape index (κ3) is 5.15. The van der Waals surface area contributed by atoms with Crippen LogP contribution >= 0.6 is 0 Å². The van der Waals surface area contributed by atoms with Crippen molar-refractivity contribution in [3.63, 3.8) is 0 Å². The van der Waals surface area contributed by atoms with Gasteiger partial charge in [0.1, 0.15) is 13.2 Å². The highest BCUT2D eigenvalue weighted by Gasteiger charge is 2.18. The Bertz CT molecular complexity index is 178. The van der Waals surface area contributed by atoms with E-state index in [4.69, 9.17) is 10.2 Å². The standard InChI is InChI=1S/C7H12O6/c1-5(13-6(10)4-9)7(11)12-3-2-8/h5,8-9H,2-4H2,1H3. The number of hydrogen-bond acceptors (Lipinski definition) is 6. The van der Waals surface area contributed by atoms with E-state index in [0.29, 0.717) is 0 Å². The lowest BCUT2D eigenvalue weighted by atomic mass is 10.4. The minimum Gasteiger partial charge on any atom is -0.461 e. The summed E-state index contributed by atoms with van der Waals surface area (Å²) in [6, 6.07) is 0. The van der Waals surface area contributed by atoms with Crippen molar-refractivity contribution in [1.82, 2.24) is 0 Å². The highest BCUT2D eigenvalue weighted by atomic mass is 16.6. The molecule has 6 heteroatoms. The maximum Gasteiger partial charge on any atom is 0.347 e. The molecule has 0 aromatic carbocycles. The summed E-state index contributed by atoms with van der Waals surface area (Å²) >= 11 is 0. The van der Waals surface area contributed by atoms with Crippen molar-refractivity contribution in [2.24, 2.45) is 0 Å². The average molecular weight is 192 g/mol. The second-order valence-corrected chi connectivity index (χ2v) is 2.18. The molecule has 0 amide bonds. The van der Waals surface area contributed by atoms with Crippen LogP contribution < -0.4 is 0 Å². The molecule has 0 aromatic rings. The van der Waals surface area contributed by atoms with Crippen LogP contribution in [0.5, 0.6) is 0 Å². The van der Waals surface area contributed by atoms with E-state index in [-0.39, 0.29) is 13.2 Å². The van der Waals surface area contributed by atoms with E-state index in [9.17, 15) is 9.59 Å². The molecule has 0 rings (SSSR count). The first-order valence-electron chi connectivity index (χ1n) is 3.69. The Kier molecular flexibility index (Phi) is 5.82. The summed E-state index contributed by atoms with van der Waals surface area (Å²) < 4.78 is 8.86. The molecule has 0 heterocycles. The van der Waals surface area contributed by atoms with Gasteiger partial charge >= 0.3 is 11.9 Å². The summed E-state index contributed by atoms with van der Waals surface area (Å²) in [5, 5.41) is 16.6. The third-order valence-electron chi connectivity index (χ3n) is 1.10. The molecule has 0 aromatic heterocycles. The zero-order valence-corrected chi connectivity index (χ0v) is 7.23. The monoisotopic (exact) mass is 192 g/mol. The van der Waals surface area contributed by atoms with Crippen molar-refractivity contribution >= 4 is 11.9 Å². The van der Waals surface area contributed by atoms with Gasteiger partial charge < -0.3 is 19.7 Å². The zero-order chi connectivity index (χ0) is 10.3. The van der Waals surface area contributed by atoms with Crippen molar-refractivity contribution < 1.29 is 29.3 Å². The third-order valence-corrected chi connectivity index (χ3v) is 1.10. The second kappa shape index (κ2) is 6.38. The predicted molar refractivity (Wildman–Crippen MR) is 40.7 cm³/mol. The normalized spacial score (nSPS) is 11.9. The first kappa shape index (κ1) is 11.9. The Morgan fingerprint density at radius 1 is 1.38 bits per heavy atom. The van der Waals surface area contributed by atoms with E-state index in [1.165, 1.54) is 6.92 Å². The molecule has 0 aliphatic carbocycles. The highest BCUT2D eigenvalue weighted by Crippen LogP contribution is 1.94. The van der Waals surface area contributed by atoms with E-state index in [1.807, 2.05) is 0 Å². The molecule has 0 saturated carbocycles.